The van der Waals surface area contributed by atoms with E-state index in [0.717, 1.165) is 0 Å². The average molecular weight is 486 g/mol. The van der Waals surface area contributed by atoms with Crippen LogP contribution in [0, 0.1) is 17.8 Å². The minimum Gasteiger partial charge on any atom is -0.480 e. The van der Waals surface area contributed by atoms with E-state index in [1.807, 2.05) is 41.5 Å². The molecule has 0 saturated heterocycles. The highest BCUT2D eigenvalue weighted by molar-refractivity contribution is 5.94. The maximum atomic E-state index is 13.2. The van der Waals surface area contributed by atoms with Gasteiger partial charge in [-0.15, -0.1) is 0 Å². The number of nitrogens with two attached hydrogens (primary N) is 2. The summed E-state index contributed by atoms with van der Waals surface area (Å²) in [6.45, 7) is 11.8. The molecule has 10 heteroatoms. The van der Waals surface area contributed by atoms with Crippen LogP contribution in [0.25, 0.3) is 0 Å². The number of carbonyl (C=O) groups is 4. The molecule has 0 aromatic rings. The van der Waals surface area contributed by atoms with Crippen LogP contribution in [0.5, 0.6) is 0 Å². The summed E-state index contributed by atoms with van der Waals surface area (Å²) in [5, 5.41) is 17.5. The molecule has 0 aromatic heterocycles. The number of unbranched alkanes of at least 4 members (excludes halogenated alkanes) is 1. The van der Waals surface area contributed by atoms with Gasteiger partial charge in [-0.25, -0.2) is 4.79 Å². The van der Waals surface area contributed by atoms with E-state index in [0.29, 0.717) is 38.6 Å². The maximum absolute atomic E-state index is 13.2. The molecule has 0 saturated carbocycles. The SMILES string of the molecule is CCC(C)C(NC(=O)C(CCCCN)NC(=O)C(N)CC(C)C)C(=O)NC(CC(C)C)C(=O)O. The van der Waals surface area contributed by atoms with Crippen molar-refractivity contribution in [3.05, 3.63) is 0 Å². The van der Waals surface area contributed by atoms with E-state index in [2.05, 4.69) is 16.0 Å². The molecule has 8 N–H and O–H groups in total. The Labute approximate surface area is 204 Å². The number of hydrogen-bond acceptors (Lipinski definition) is 6. The lowest BCUT2D eigenvalue weighted by Crippen LogP contribution is -2.58. The van der Waals surface area contributed by atoms with Crippen LogP contribution in [0.2, 0.25) is 0 Å². The Kier molecular flexibility index (Phi) is 15.4. The fourth-order valence-corrected chi connectivity index (χ4v) is 3.57. The highest BCUT2D eigenvalue weighted by atomic mass is 16.4. The van der Waals surface area contributed by atoms with Gasteiger partial charge in [0.05, 0.1) is 6.04 Å². The van der Waals surface area contributed by atoms with E-state index < -0.39 is 47.9 Å². The number of carbonyl (C=O) groups excluding carboxylic acids is 3. The van der Waals surface area contributed by atoms with Gasteiger partial charge in [0, 0.05) is 0 Å². The summed E-state index contributed by atoms with van der Waals surface area (Å²) in [4.78, 5) is 50.3. The lowest BCUT2D eigenvalue weighted by molar-refractivity contribution is -0.143. The normalized spacial score (nSPS) is 15.8. The summed E-state index contributed by atoms with van der Waals surface area (Å²) in [7, 11) is 0. The highest BCUT2D eigenvalue weighted by Gasteiger charge is 2.32. The molecule has 5 atom stereocenters. The minimum atomic E-state index is -1.12. The molecule has 0 spiro atoms. The first-order valence-electron chi connectivity index (χ1n) is 12.4. The second-order valence-electron chi connectivity index (χ2n) is 9.98. The van der Waals surface area contributed by atoms with E-state index >= 15 is 0 Å². The van der Waals surface area contributed by atoms with Gasteiger partial charge in [-0.1, -0.05) is 48.0 Å². The molecule has 34 heavy (non-hydrogen) atoms. The Hall–Kier alpha value is -2.20. The van der Waals surface area contributed by atoms with Crippen LogP contribution in [0.15, 0.2) is 0 Å². The Balaban J connectivity index is 5.55. The van der Waals surface area contributed by atoms with Crippen LogP contribution in [0.3, 0.4) is 0 Å². The molecule has 0 heterocycles. The number of carboxylic acid groups (broad SMARTS) is 1. The van der Waals surface area contributed by atoms with Gasteiger partial charge in [0.25, 0.3) is 0 Å². The lowest BCUT2D eigenvalue weighted by Gasteiger charge is -2.28. The molecular formula is C24H47N5O5. The van der Waals surface area contributed by atoms with Crippen LogP contribution < -0.4 is 27.4 Å². The van der Waals surface area contributed by atoms with Crippen LogP contribution in [0.4, 0.5) is 0 Å². The molecule has 10 nitrogen and oxygen atoms in total. The molecule has 0 aromatic carbocycles. The summed E-state index contributed by atoms with van der Waals surface area (Å²) in [6.07, 6.45) is 2.99. The smallest absolute Gasteiger partial charge is 0.326 e. The summed E-state index contributed by atoms with van der Waals surface area (Å²) in [5.41, 5.74) is 11.5. The molecule has 0 rings (SSSR count). The van der Waals surface area contributed by atoms with Crippen molar-refractivity contribution in [3.63, 3.8) is 0 Å². The zero-order valence-electron chi connectivity index (χ0n) is 21.7. The van der Waals surface area contributed by atoms with Crippen LogP contribution >= 0.6 is 0 Å². The molecule has 5 unspecified atom stereocenters. The van der Waals surface area contributed by atoms with E-state index in [1.54, 1.807) is 0 Å². The van der Waals surface area contributed by atoms with Gasteiger partial charge in [-0.05, 0) is 56.4 Å². The van der Waals surface area contributed by atoms with Crippen molar-refractivity contribution in [2.45, 2.75) is 104 Å². The van der Waals surface area contributed by atoms with Gasteiger partial charge in [-0.3, -0.25) is 14.4 Å². The van der Waals surface area contributed by atoms with Crippen molar-refractivity contribution in [3.8, 4) is 0 Å². The second-order valence-corrected chi connectivity index (χ2v) is 9.98. The quantitative estimate of drug-likeness (QED) is 0.167. The van der Waals surface area contributed by atoms with E-state index in [-0.39, 0.29) is 24.2 Å². The minimum absolute atomic E-state index is 0.0650. The fraction of sp³-hybridized carbons (Fsp3) is 0.833. The Morgan fingerprint density at radius 1 is 0.794 bits per heavy atom. The van der Waals surface area contributed by atoms with Crippen molar-refractivity contribution < 1.29 is 24.3 Å². The van der Waals surface area contributed by atoms with Crippen LogP contribution in [-0.4, -0.2) is 59.5 Å². The predicted octanol–water partition coefficient (Wildman–Crippen LogP) is 1.12. The summed E-state index contributed by atoms with van der Waals surface area (Å²) in [6, 6.07) is -3.61. The standard InChI is InChI=1S/C24H47N5O5/c1-7-16(6)20(23(32)28-19(24(33)34)13-15(4)5)29-22(31)18(10-8-9-11-25)27-21(30)17(26)12-14(2)3/h14-20H,7-13,25-26H2,1-6H3,(H,27,30)(H,28,32)(H,29,31)(H,33,34). The molecule has 0 aliphatic carbocycles. The number of rotatable bonds is 17. The number of hydrogen-bond donors (Lipinski definition) is 6. The molecular weight excluding hydrogens is 438 g/mol. The van der Waals surface area contributed by atoms with Crippen molar-refractivity contribution in [1.82, 2.24) is 16.0 Å². The fourth-order valence-electron chi connectivity index (χ4n) is 3.57. The van der Waals surface area contributed by atoms with E-state index in [1.165, 1.54) is 0 Å². The van der Waals surface area contributed by atoms with Crippen molar-refractivity contribution >= 4 is 23.7 Å². The van der Waals surface area contributed by atoms with E-state index in [4.69, 9.17) is 11.5 Å². The average Bonchev–Trinajstić information content (AvgIpc) is 2.74. The summed E-state index contributed by atoms with van der Waals surface area (Å²) in [5.74, 6) is -2.57. The van der Waals surface area contributed by atoms with Crippen molar-refractivity contribution in [1.29, 1.82) is 0 Å². The Morgan fingerprint density at radius 2 is 1.35 bits per heavy atom. The molecule has 0 fully saturated rings. The van der Waals surface area contributed by atoms with Gasteiger partial charge < -0.3 is 32.5 Å². The highest BCUT2D eigenvalue weighted by Crippen LogP contribution is 2.12. The van der Waals surface area contributed by atoms with Crippen LogP contribution in [0.1, 0.15) is 80.1 Å². The number of carboxylic acids is 1. The van der Waals surface area contributed by atoms with Gasteiger partial charge in [0.15, 0.2) is 0 Å². The number of aliphatic carboxylic acids is 1. The molecule has 0 bridgehead atoms. The molecule has 0 aliphatic rings. The monoisotopic (exact) mass is 485 g/mol. The largest absolute Gasteiger partial charge is 0.480 e. The Bertz CT molecular complexity index is 656. The first-order chi connectivity index (χ1) is 15.8. The third kappa shape index (κ3) is 12.3. The molecule has 0 aliphatic heterocycles. The summed E-state index contributed by atoms with van der Waals surface area (Å²) >= 11 is 0. The Morgan fingerprint density at radius 3 is 1.82 bits per heavy atom. The van der Waals surface area contributed by atoms with Gasteiger partial charge >= 0.3 is 5.97 Å². The second kappa shape index (κ2) is 16.4. The first kappa shape index (κ1) is 31.8. The molecule has 3 amide bonds. The third-order valence-corrected chi connectivity index (χ3v) is 5.76. The van der Waals surface area contributed by atoms with Gasteiger partial charge in [-0.2, -0.15) is 0 Å². The molecule has 0 radical (unpaired) electrons. The first-order valence-corrected chi connectivity index (χ1v) is 12.4. The van der Waals surface area contributed by atoms with Crippen LogP contribution in [-0.2, 0) is 19.2 Å². The number of nitrogens with one attached hydrogen (secondary N) is 3. The van der Waals surface area contributed by atoms with Crippen molar-refractivity contribution in [2.24, 2.45) is 29.2 Å². The summed E-state index contributed by atoms with van der Waals surface area (Å²) < 4.78 is 0. The third-order valence-electron chi connectivity index (χ3n) is 5.76. The maximum Gasteiger partial charge on any atom is 0.326 e. The van der Waals surface area contributed by atoms with E-state index in [9.17, 15) is 24.3 Å². The zero-order chi connectivity index (χ0) is 26.4. The lowest BCUT2D eigenvalue weighted by atomic mass is 9.96. The zero-order valence-corrected chi connectivity index (χ0v) is 21.7. The predicted molar refractivity (Wildman–Crippen MR) is 133 cm³/mol. The van der Waals surface area contributed by atoms with Crippen molar-refractivity contribution in [2.75, 3.05) is 6.54 Å². The van der Waals surface area contributed by atoms with Gasteiger partial charge in [0.1, 0.15) is 18.1 Å². The molecule has 198 valence electrons. The topological polar surface area (TPSA) is 177 Å². The number of amides is 3. The van der Waals surface area contributed by atoms with Gasteiger partial charge in [0.2, 0.25) is 17.7 Å².